The van der Waals surface area contributed by atoms with Crippen LogP contribution in [0.1, 0.15) is 42.6 Å². The summed E-state index contributed by atoms with van der Waals surface area (Å²) >= 11 is 0. The Hall–Kier alpha value is -3.22. The van der Waals surface area contributed by atoms with Crippen LogP contribution in [0.2, 0.25) is 0 Å². The first-order valence-corrected chi connectivity index (χ1v) is 10.8. The van der Waals surface area contributed by atoms with Crippen molar-refractivity contribution < 1.29 is 9.18 Å². The van der Waals surface area contributed by atoms with Gasteiger partial charge in [-0.15, -0.1) is 0 Å². The van der Waals surface area contributed by atoms with Crippen LogP contribution in [0.4, 0.5) is 4.39 Å². The number of aromatic nitrogens is 3. The predicted molar refractivity (Wildman–Crippen MR) is 116 cm³/mol. The fraction of sp³-hybridized carbons (Fsp3) is 0.375. The molecule has 0 atom stereocenters. The van der Waals surface area contributed by atoms with Crippen molar-refractivity contribution in [2.24, 2.45) is 0 Å². The standard InChI is InChI=1S/C24H27FN4O2/c1-2-28-23(26-29(24(28)31)17-19-6-4-3-5-7-19)20-12-14-27(15-13-20)22(30)16-18-8-10-21(25)11-9-18/h3-11,20H,2,12-17H2,1H3. The van der Waals surface area contributed by atoms with Gasteiger partial charge in [-0.05, 0) is 43.0 Å². The van der Waals surface area contributed by atoms with E-state index < -0.39 is 0 Å². The molecule has 1 aromatic heterocycles. The largest absolute Gasteiger partial charge is 0.346 e. The quantitative estimate of drug-likeness (QED) is 0.613. The molecule has 0 spiro atoms. The Bertz CT molecular complexity index is 1080. The molecule has 1 aliphatic rings. The molecule has 6 nitrogen and oxygen atoms in total. The second-order valence-electron chi connectivity index (χ2n) is 7.99. The number of rotatable bonds is 6. The number of nitrogens with zero attached hydrogens (tertiary/aromatic N) is 4. The summed E-state index contributed by atoms with van der Waals surface area (Å²) in [5.41, 5.74) is 1.77. The van der Waals surface area contributed by atoms with Crippen molar-refractivity contribution in [3.63, 3.8) is 0 Å². The van der Waals surface area contributed by atoms with Gasteiger partial charge in [0.15, 0.2) is 0 Å². The highest BCUT2D eigenvalue weighted by Gasteiger charge is 2.28. The third kappa shape index (κ3) is 4.76. The minimum atomic E-state index is -0.300. The molecule has 7 heteroatoms. The first-order valence-electron chi connectivity index (χ1n) is 10.8. The number of carbonyl (C=O) groups is 1. The highest BCUT2D eigenvalue weighted by molar-refractivity contribution is 5.78. The lowest BCUT2D eigenvalue weighted by atomic mass is 9.95. The molecule has 0 saturated carbocycles. The average Bonchev–Trinajstić information content (AvgIpc) is 3.11. The Morgan fingerprint density at radius 2 is 1.71 bits per heavy atom. The van der Waals surface area contributed by atoms with Crippen LogP contribution in [0.25, 0.3) is 0 Å². The summed E-state index contributed by atoms with van der Waals surface area (Å²) in [6.07, 6.45) is 1.82. The number of hydrogen-bond donors (Lipinski definition) is 0. The van der Waals surface area contributed by atoms with Crippen molar-refractivity contribution in [3.8, 4) is 0 Å². The molecule has 2 aromatic carbocycles. The van der Waals surface area contributed by atoms with E-state index in [-0.39, 0.29) is 29.8 Å². The van der Waals surface area contributed by atoms with E-state index in [0.29, 0.717) is 26.2 Å². The van der Waals surface area contributed by atoms with Crippen LogP contribution in [-0.4, -0.2) is 38.2 Å². The molecule has 1 amide bonds. The zero-order valence-electron chi connectivity index (χ0n) is 17.7. The molecule has 1 fully saturated rings. The van der Waals surface area contributed by atoms with Gasteiger partial charge in [0.2, 0.25) is 5.91 Å². The molecular formula is C24H27FN4O2. The molecule has 0 unspecified atom stereocenters. The van der Waals surface area contributed by atoms with E-state index in [2.05, 4.69) is 5.10 Å². The molecule has 31 heavy (non-hydrogen) atoms. The van der Waals surface area contributed by atoms with Gasteiger partial charge in [-0.2, -0.15) is 5.10 Å². The molecule has 1 aliphatic heterocycles. The van der Waals surface area contributed by atoms with Crippen LogP contribution in [0, 0.1) is 5.82 Å². The monoisotopic (exact) mass is 422 g/mol. The fourth-order valence-corrected chi connectivity index (χ4v) is 4.19. The molecule has 1 saturated heterocycles. The van der Waals surface area contributed by atoms with Crippen LogP contribution >= 0.6 is 0 Å². The van der Waals surface area contributed by atoms with Gasteiger partial charge >= 0.3 is 5.69 Å². The van der Waals surface area contributed by atoms with Crippen molar-refractivity contribution in [2.45, 2.75) is 45.2 Å². The highest BCUT2D eigenvalue weighted by Crippen LogP contribution is 2.26. The van der Waals surface area contributed by atoms with Crippen molar-refractivity contribution in [2.75, 3.05) is 13.1 Å². The summed E-state index contributed by atoms with van der Waals surface area (Å²) in [7, 11) is 0. The van der Waals surface area contributed by atoms with Gasteiger partial charge in [0.1, 0.15) is 11.6 Å². The van der Waals surface area contributed by atoms with E-state index in [1.54, 1.807) is 21.4 Å². The normalized spacial score (nSPS) is 14.7. The Morgan fingerprint density at radius 1 is 1.03 bits per heavy atom. The molecule has 3 aromatic rings. The van der Waals surface area contributed by atoms with Crippen molar-refractivity contribution in [1.29, 1.82) is 0 Å². The summed E-state index contributed by atoms with van der Waals surface area (Å²) < 4.78 is 16.4. The van der Waals surface area contributed by atoms with Crippen molar-refractivity contribution >= 4 is 5.91 Å². The van der Waals surface area contributed by atoms with Gasteiger partial charge in [-0.3, -0.25) is 9.36 Å². The third-order valence-corrected chi connectivity index (χ3v) is 5.92. The summed E-state index contributed by atoms with van der Waals surface area (Å²) in [6, 6.07) is 15.9. The molecule has 162 valence electrons. The zero-order chi connectivity index (χ0) is 21.8. The summed E-state index contributed by atoms with van der Waals surface area (Å²) in [5, 5.41) is 4.67. The first-order chi connectivity index (χ1) is 15.0. The smallest absolute Gasteiger partial charge is 0.342 e. The molecule has 0 bridgehead atoms. The third-order valence-electron chi connectivity index (χ3n) is 5.92. The van der Waals surface area contributed by atoms with E-state index in [1.165, 1.54) is 12.1 Å². The minimum Gasteiger partial charge on any atom is -0.342 e. The van der Waals surface area contributed by atoms with E-state index in [1.807, 2.05) is 42.2 Å². The Balaban J connectivity index is 1.42. The van der Waals surface area contributed by atoms with E-state index in [9.17, 15) is 14.0 Å². The molecule has 0 aliphatic carbocycles. The summed E-state index contributed by atoms with van der Waals surface area (Å²) in [4.78, 5) is 27.3. The topological polar surface area (TPSA) is 60.1 Å². The number of carbonyl (C=O) groups excluding carboxylic acids is 1. The number of amides is 1. The van der Waals surface area contributed by atoms with Crippen molar-refractivity contribution in [1.82, 2.24) is 19.2 Å². The number of halogens is 1. The van der Waals surface area contributed by atoms with Gasteiger partial charge in [-0.1, -0.05) is 42.5 Å². The lowest BCUT2D eigenvalue weighted by Crippen LogP contribution is -2.39. The maximum atomic E-state index is 13.1. The molecular weight excluding hydrogens is 395 g/mol. The van der Waals surface area contributed by atoms with E-state index in [0.717, 1.165) is 29.8 Å². The Morgan fingerprint density at radius 3 is 2.35 bits per heavy atom. The second-order valence-corrected chi connectivity index (χ2v) is 7.99. The number of likely N-dealkylation sites (tertiary alicyclic amines) is 1. The number of piperidine rings is 1. The first kappa shape index (κ1) is 21.0. The van der Waals surface area contributed by atoms with Gasteiger partial charge in [0, 0.05) is 25.6 Å². The fourth-order valence-electron chi connectivity index (χ4n) is 4.19. The Labute approximate surface area is 180 Å². The number of benzene rings is 2. The van der Waals surface area contributed by atoms with Crippen LogP contribution in [0.15, 0.2) is 59.4 Å². The summed E-state index contributed by atoms with van der Waals surface area (Å²) in [5.74, 6) is 0.715. The van der Waals surface area contributed by atoms with Gasteiger partial charge < -0.3 is 4.90 Å². The van der Waals surface area contributed by atoms with Crippen LogP contribution in [0.3, 0.4) is 0 Å². The Kier molecular flexibility index (Phi) is 6.30. The van der Waals surface area contributed by atoms with Crippen LogP contribution in [0.5, 0.6) is 0 Å². The molecule has 0 N–H and O–H groups in total. The second kappa shape index (κ2) is 9.29. The van der Waals surface area contributed by atoms with E-state index >= 15 is 0 Å². The van der Waals surface area contributed by atoms with Gasteiger partial charge in [-0.25, -0.2) is 13.9 Å². The molecule has 2 heterocycles. The zero-order valence-corrected chi connectivity index (χ0v) is 17.7. The lowest BCUT2D eigenvalue weighted by molar-refractivity contribution is -0.131. The van der Waals surface area contributed by atoms with Gasteiger partial charge in [0.05, 0.1) is 13.0 Å². The minimum absolute atomic E-state index is 0.0487. The maximum Gasteiger partial charge on any atom is 0.346 e. The van der Waals surface area contributed by atoms with Crippen LogP contribution in [-0.2, 0) is 24.3 Å². The van der Waals surface area contributed by atoms with Crippen molar-refractivity contribution in [3.05, 3.63) is 87.9 Å². The molecule has 0 radical (unpaired) electrons. The van der Waals surface area contributed by atoms with E-state index in [4.69, 9.17) is 0 Å². The maximum absolute atomic E-state index is 13.1. The SMILES string of the molecule is CCn1c(C2CCN(C(=O)Cc3ccc(F)cc3)CC2)nn(Cc2ccccc2)c1=O. The molecule has 4 rings (SSSR count). The van der Waals surface area contributed by atoms with Crippen LogP contribution < -0.4 is 5.69 Å². The highest BCUT2D eigenvalue weighted by atomic mass is 19.1. The average molecular weight is 423 g/mol. The predicted octanol–water partition coefficient (Wildman–Crippen LogP) is 3.20. The number of hydrogen-bond acceptors (Lipinski definition) is 3. The lowest BCUT2D eigenvalue weighted by Gasteiger charge is -2.31. The van der Waals surface area contributed by atoms with Gasteiger partial charge in [0.25, 0.3) is 0 Å². The summed E-state index contributed by atoms with van der Waals surface area (Å²) in [6.45, 7) is 4.25.